The van der Waals surface area contributed by atoms with E-state index in [2.05, 4.69) is 18.3 Å². The molecular formula is C15H22N2O2. The number of likely N-dealkylation sites (N-methyl/N-ethyl adjacent to an activating group) is 1. The van der Waals surface area contributed by atoms with E-state index in [1.54, 1.807) is 7.05 Å². The molecule has 0 heterocycles. The van der Waals surface area contributed by atoms with Gasteiger partial charge < -0.3 is 15.8 Å². The van der Waals surface area contributed by atoms with Gasteiger partial charge in [0, 0.05) is 0 Å². The molecule has 1 fully saturated rings. The molecule has 4 nitrogen and oxygen atoms in total. The molecule has 0 bridgehead atoms. The topological polar surface area (TPSA) is 64.3 Å². The highest BCUT2D eigenvalue weighted by Gasteiger charge is 2.49. The van der Waals surface area contributed by atoms with Crippen LogP contribution in [0.5, 0.6) is 5.75 Å². The summed E-state index contributed by atoms with van der Waals surface area (Å²) in [6.07, 6.45) is 3.02. The molecule has 0 aliphatic heterocycles. The zero-order valence-corrected chi connectivity index (χ0v) is 11.6. The van der Waals surface area contributed by atoms with Crippen molar-refractivity contribution >= 4 is 5.91 Å². The van der Waals surface area contributed by atoms with Crippen LogP contribution in [0.15, 0.2) is 24.3 Å². The first-order valence-corrected chi connectivity index (χ1v) is 6.83. The smallest absolute Gasteiger partial charge is 0.241 e. The van der Waals surface area contributed by atoms with Crippen molar-refractivity contribution in [3.05, 3.63) is 29.8 Å². The van der Waals surface area contributed by atoms with Crippen molar-refractivity contribution in [1.82, 2.24) is 5.32 Å². The number of nitrogens with two attached hydrogens (primary N) is 1. The molecule has 1 atom stereocenters. The Labute approximate surface area is 114 Å². The number of carbonyl (C=O) groups is 1. The van der Waals surface area contributed by atoms with E-state index >= 15 is 0 Å². The average Bonchev–Trinajstić information content (AvgIpc) is 3.25. The third kappa shape index (κ3) is 2.89. The average molecular weight is 262 g/mol. The van der Waals surface area contributed by atoms with Crippen LogP contribution < -0.4 is 15.8 Å². The lowest BCUT2D eigenvalue weighted by molar-refractivity contribution is -0.126. The largest absolute Gasteiger partial charge is 0.491 e. The standard InChI is InChI=1S/C15H22N2O2/c1-3-11-5-4-6-13(9-11)19-10-15(17-2,14(16)18)12-7-8-12/h4-6,9,12,17H,3,7-8,10H2,1-2H3,(H2,16,18). The number of rotatable bonds is 7. The number of hydrogen-bond acceptors (Lipinski definition) is 3. The Balaban J connectivity index is 2.08. The Morgan fingerprint density at radius 3 is 2.79 bits per heavy atom. The van der Waals surface area contributed by atoms with E-state index in [-0.39, 0.29) is 12.5 Å². The van der Waals surface area contributed by atoms with Crippen molar-refractivity contribution in [1.29, 1.82) is 0 Å². The van der Waals surface area contributed by atoms with Crippen molar-refractivity contribution in [2.24, 2.45) is 11.7 Å². The second-order valence-corrected chi connectivity index (χ2v) is 5.15. The molecule has 1 amide bonds. The van der Waals surface area contributed by atoms with Crippen LogP contribution in [0, 0.1) is 5.92 Å². The van der Waals surface area contributed by atoms with Gasteiger partial charge in [-0.05, 0) is 49.9 Å². The van der Waals surface area contributed by atoms with Gasteiger partial charge in [-0.1, -0.05) is 19.1 Å². The lowest BCUT2D eigenvalue weighted by Gasteiger charge is -2.30. The molecule has 1 aliphatic carbocycles. The predicted octanol–water partition coefficient (Wildman–Crippen LogP) is 1.48. The molecule has 1 unspecified atom stereocenters. The monoisotopic (exact) mass is 262 g/mol. The highest BCUT2D eigenvalue weighted by atomic mass is 16.5. The summed E-state index contributed by atoms with van der Waals surface area (Å²) in [5.41, 5.74) is 6.05. The summed E-state index contributed by atoms with van der Waals surface area (Å²) in [6.45, 7) is 2.39. The van der Waals surface area contributed by atoms with E-state index in [1.807, 2.05) is 18.2 Å². The number of nitrogens with one attached hydrogen (secondary N) is 1. The summed E-state index contributed by atoms with van der Waals surface area (Å²) in [7, 11) is 1.77. The quantitative estimate of drug-likeness (QED) is 0.782. The molecule has 1 aromatic carbocycles. The molecule has 1 aliphatic rings. The summed E-state index contributed by atoms with van der Waals surface area (Å²) in [5.74, 6) is 0.759. The van der Waals surface area contributed by atoms with Gasteiger partial charge in [0.15, 0.2) is 0 Å². The van der Waals surface area contributed by atoms with E-state index in [1.165, 1.54) is 5.56 Å². The van der Waals surface area contributed by atoms with E-state index in [4.69, 9.17) is 10.5 Å². The number of amides is 1. The lowest BCUT2D eigenvalue weighted by atomic mass is 9.93. The summed E-state index contributed by atoms with van der Waals surface area (Å²) in [5, 5.41) is 3.08. The summed E-state index contributed by atoms with van der Waals surface area (Å²) >= 11 is 0. The Bertz CT molecular complexity index is 457. The van der Waals surface area contributed by atoms with Crippen LogP contribution in [0.4, 0.5) is 0 Å². The van der Waals surface area contributed by atoms with Crippen molar-refractivity contribution in [2.75, 3.05) is 13.7 Å². The molecule has 2 rings (SSSR count). The van der Waals surface area contributed by atoms with E-state index in [0.29, 0.717) is 5.92 Å². The Hall–Kier alpha value is -1.55. The van der Waals surface area contributed by atoms with Gasteiger partial charge in [0.05, 0.1) is 0 Å². The van der Waals surface area contributed by atoms with Crippen LogP contribution in [0.2, 0.25) is 0 Å². The fourth-order valence-corrected chi connectivity index (χ4v) is 2.42. The molecule has 0 spiro atoms. The van der Waals surface area contributed by atoms with Gasteiger partial charge in [0.1, 0.15) is 17.9 Å². The number of benzene rings is 1. The number of carbonyl (C=O) groups excluding carboxylic acids is 1. The molecule has 4 heteroatoms. The first-order valence-electron chi connectivity index (χ1n) is 6.83. The number of primary amides is 1. The van der Waals surface area contributed by atoms with Crippen LogP contribution >= 0.6 is 0 Å². The summed E-state index contributed by atoms with van der Waals surface area (Å²) in [4.78, 5) is 11.8. The minimum atomic E-state index is -0.734. The van der Waals surface area contributed by atoms with E-state index < -0.39 is 5.54 Å². The minimum absolute atomic E-state index is 0.288. The third-order valence-electron chi connectivity index (χ3n) is 3.93. The second kappa shape index (κ2) is 5.61. The van der Waals surface area contributed by atoms with Crippen LogP contribution in [-0.2, 0) is 11.2 Å². The first-order chi connectivity index (χ1) is 9.12. The van der Waals surface area contributed by atoms with E-state index in [9.17, 15) is 4.79 Å². The Morgan fingerprint density at radius 1 is 1.53 bits per heavy atom. The van der Waals surface area contributed by atoms with Crippen molar-refractivity contribution in [3.63, 3.8) is 0 Å². The summed E-state index contributed by atoms with van der Waals surface area (Å²) < 4.78 is 5.80. The lowest BCUT2D eigenvalue weighted by Crippen LogP contribution is -2.59. The van der Waals surface area contributed by atoms with Crippen LogP contribution in [-0.4, -0.2) is 25.1 Å². The van der Waals surface area contributed by atoms with Gasteiger partial charge >= 0.3 is 0 Å². The fraction of sp³-hybridized carbons (Fsp3) is 0.533. The molecule has 104 valence electrons. The maximum atomic E-state index is 11.8. The zero-order chi connectivity index (χ0) is 13.9. The minimum Gasteiger partial charge on any atom is -0.491 e. The normalized spacial score (nSPS) is 17.8. The fourth-order valence-electron chi connectivity index (χ4n) is 2.42. The van der Waals surface area contributed by atoms with Gasteiger partial charge in [-0.25, -0.2) is 0 Å². The zero-order valence-electron chi connectivity index (χ0n) is 11.6. The maximum Gasteiger partial charge on any atom is 0.241 e. The highest BCUT2D eigenvalue weighted by molar-refractivity contribution is 5.85. The number of aryl methyl sites for hydroxylation is 1. The molecule has 1 aromatic rings. The molecule has 0 radical (unpaired) electrons. The van der Waals surface area contributed by atoms with Crippen molar-refractivity contribution < 1.29 is 9.53 Å². The second-order valence-electron chi connectivity index (χ2n) is 5.15. The first kappa shape index (κ1) is 13.9. The van der Waals surface area contributed by atoms with Gasteiger partial charge in [0.25, 0.3) is 0 Å². The molecule has 3 N–H and O–H groups in total. The predicted molar refractivity (Wildman–Crippen MR) is 75.0 cm³/mol. The van der Waals surface area contributed by atoms with Gasteiger partial charge in [0.2, 0.25) is 5.91 Å². The molecule has 1 saturated carbocycles. The van der Waals surface area contributed by atoms with Gasteiger partial charge in [-0.2, -0.15) is 0 Å². The molecule has 0 saturated heterocycles. The van der Waals surface area contributed by atoms with Crippen LogP contribution in [0.1, 0.15) is 25.3 Å². The Kier molecular flexibility index (Phi) is 4.10. The number of hydrogen-bond donors (Lipinski definition) is 2. The Morgan fingerprint density at radius 2 is 2.26 bits per heavy atom. The third-order valence-corrected chi connectivity index (χ3v) is 3.93. The number of ether oxygens (including phenoxy) is 1. The summed E-state index contributed by atoms with van der Waals surface area (Å²) in [6, 6.07) is 7.95. The maximum absolute atomic E-state index is 11.8. The van der Waals surface area contributed by atoms with Crippen molar-refractivity contribution in [3.8, 4) is 5.75 Å². The van der Waals surface area contributed by atoms with Gasteiger partial charge in [-0.3, -0.25) is 4.79 Å². The highest BCUT2D eigenvalue weighted by Crippen LogP contribution is 2.39. The van der Waals surface area contributed by atoms with Crippen LogP contribution in [0.25, 0.3) is 0 Å². The molecular weight excluding hydrogens is 240 g/mol. The van der Waals surface area contributed by atoms with Crippen LogP contribution in [0.3, 0.4) is 0 Å². The molecule has 19 heavy (non-hydrogen) atoms. The molecule has 0 aromatic heterocycles. The van der Waals surface area contributed by atoms with Gasteiger partial charge in [-0.15, -0.1) is 0 Å². The SMILES string of the molecule is CCc1cccc(OCC(NC)(C(N)=O)C2CC2)c1. The van der Waals surface area contributed by atoms with E-state index in [0.717, 1.165) is 25.0 Å². The van der Waals surface area contributed by atoms with Crippen molar-refractivity contribution in [2.45, 2.75) is 31.7 Å².